The predicted octanol–water partition coefficient (Wildman–Crippen LogP) is 2.77. The van der Waals surface area contributed by atoms with Crippen molar-refractivity contribution in [2.45, 2.75) is 32.7 Å². The maximum absolute atomic E-state index is 12.8. The lowest BCUT2D eigenvalue weighted by Crippen LogP contribution is -2.44. The Labute approximate surface area is 143 Å². The lowest BCUT2D eigenvalue weighted by Gasteiger charge is -2.23. The van der Waals surface area contributed by atoms with Gasteiger partial charge in [0.15, 0.2) is 0 Å². The molecule has 0 aliphatic carbocycles. The Bertz CT molecular complexity index is 747. The minimum atomic E-state index is -0.540. The fraction of sp³-hybridized carbons (Fsp3) is 0.350. The monoisotopic (exact) mass is 324 g/mol. The summed E-state index contributed by atoms with van der Waals surface area (Å²) in [5.41, 5.74) is 11.8. The van der Waals surface area contributed by atoms with Crippen LogP contribution in [0.1, 0.15) is 22.3 Å². The molecule has 1 aliphatic heterocycles. The maximum atomic E-state index is 12.8. The van der Waals surface area contributed by atoms with Gasteiger partial charge in [0, 0.05) is 12.2 Å². The van der Waals surface area contributed by atoms with Gasteiger partial charge in [-0.15, -0.1) is 0 Å². The van der Waals surface area contributed by atoms with Gasteiger partial charge in [-0.05, 0) is 67.1 Å². The van der Waals surface area contributed by atoms with Crippen molar-refractivity contribution in [1.29, 1.82) is 0 Å². The molecule has 1 aliphatic rings. The van der Waals surface area contributed by atoms with Crippen LogP contribution in [0.15, 0.2) is 36.4 Å². The number of nitrogens with zero attached hydrogens (tertiary/aromatic N) is 1. The average molecular weight is 324 g/mol. The summed E-state index contributed by atoms with van der Waals surface area (Å²) in [6, 6.07) is 11.5. The first-order valence-electron chi connectivity index (χ1n) is 8.30. The standard InChI is InChI=1S/C20H24N2O2/c1-13-10-16(24-3)11-14(2)17(13)12-18(21)20(23)22-9-8-15-6-4-5-7-19(15)22/h4-7,10-11,18H,8-9,12,21H2,1-3H3/t18-/m1/s1. The first-order chi connectivity index (χ1) is 11.5. The number of rotatable bonds is 4. The number of para-hydroxylation sites is 1. The molecule has 126 valence electrons. The van der Waals surface area contributed by atoms with Crippen molar-refractivity contribution >= 4 is 11.6 Å². The number of aryl methyl sites for hydroxylation is 2. The smallest absolute Gasteiger partial charge is 0.244 e. The van der Waals surface area contributed by atoms with Crippen molar-refractivity contribution in [2.75, 3.05) is 18.6 Å². The molecule has 0 spiro atoms. The Balaban J connectivity index is 1.79. The first-order valence-corrected chi connectivity index (χ1v) is 8.30. The molecule has 4 heteroatoms. The zero-order valence-corrected chi connectivity index (χ0v) is 14.5. The molecule has 4 nitrogen and oxygen atoms in total. The van der Waals surface area contributed by atoms with Crippen LogP contribution >= 0.6 is 0 Å². The van der Waals surface area contributed by atoms with Gasteiger partial charge < -0.3 is 15.4 Å². The number of hydrogen-bond acceptors (Lipinski definition) is 3. The van der Waals surface area contributed by atoms with Gasteiger partial charge in [-0.1, -0.05) is 18.2 Å². The van der Waals surface area contributed by atoms with Gasteiger partial charge in [0.1, 0.15) is 5.75 Å². The molecule has 0 aromatic heterocycles. The second-order valence-corrected chi connectivity index (χ2v) is 6.42. The Morgan fingerprint density at radius 3 is 2.58 bits per heavy atom. The van der Waals surface area contributed by atoms with Crippen LogP contribution in [0.3, 0.4) is 0 Å². The lowest BCUT2D eigenvalue weighted by atomic mass is 9.95. The Kier molecular flexibility index (Phi) is 4.58. The molecule has 0 radical (unpaired) electrons. The third-order valence-electron chi connectivity index (χ3n) is 4.80. The number of benzene rings is 2. The largest absolute Gasteiger partial charge is 0.497 e. The predicted molar refractivity (Wildman–Crippen MR) is 96.6 cm³/mol. The molecule has 2 aromatic rings. The highest BCUT2D eigenvalue weighted by Crippen LogP contribution is 2.29. The third kappa shape index (κ3) is 3.02. The number of anilines is 1. The minimum absolute atomic E-state index is 0.00503. The topological polar surface area (TPSA) is 55.6 Å². The van der Waals surface area contributed by atoms with Crippen LogP contribution < -0.4 is 15.4 Å². The SMILES string of the molecule is COc1cc(C)c(C[C@@H](N)C(=O)N2CCc3ccccc32)c(C)c1. The lowest BCUT2D eigenvalue weighted by molar-refractivity contribution is -0.119. The molecule has 24 heavy (non-hydrogen) atoms. The van der Waals surface area contributed by atoms with E-state index in [2.05, 4.69) is 6.07 Å². The van der Waals surface area contributed by atoms with Crippen LogP contribution in [0, 0.1) is 13.8 Å². The van der Waals surface area contributed by atoms with E-state index in [0.29, 0.717) is 13.0 Å². The zero-order valence-electron chi connectivity index (χ0n) is 14.5. The summed E-state index contributed by atoms with van der Waals surface area (Å²) in [5, 5.41) is 0. The number of hydrogen-bond donors (Lipinski definition) is 1. The maximum Gasteiger partial charge on any atom is 0.244 e. The van der Waals surface area contributed by atoms with Gasteiger partial charge >= 0.3 is 0 Å². The van der Waals surface area contributed by atoms with Crippen molar-refractivity contribution in [3.8, 4) is 5.75 Å². The Morgan fingerprint density at radius 2 is 1.92 bits per heavy atom. The first kappa shape index (κ1) is 16.5. The van der Waals surface area contributed by atoms with E-state index in [-0.39, 0.29) is 5.91 Å². The van der Waals surface area contributed by atoms with Crippen LogP contribution in [-0.4, -0.2) is 25.6 Å². The second-order valence-electron chi connectivity index (χ2n) is 6.42. The molecular formula is C20H24N2O2. The number of ether oxygens (including phenoxy) is 1. The van der Waals surface area contributed by atoms with Gasteiger partial charge in [0.2, 0.25) is 5.91 Å². The number of methoxy groups -OCH3 is 1. The van der Waals surface area contributed by atoms with Crippen LogP contribution in [0.25, 0.3) is 0 Å². The molecular weight excluding hydrogens is 300 g/mol. The molecule has 0 saturated carbocycles. The van der Waals surface area contributed by atoms with Crippen LogP contribution in [0.2, 0.25) is 0 Å². The number of nitrogens with two attached hydrogens (primary N) is 1. The summed E-state index contributed by atoms with van der Waals surface area (Å²) >= 11 is 0. The van der Waals surface area contributed by atoms with Crippen LogP contribution in [0.5, 0.6) is 5.75 Å². The fourth-order valence-electron chi connectivity index (χ4n) is 3.47. The van der Waals surface area contributed by atoms with E-state index >= 15 is 0 Å². The molecule has 1 amide bonds. The molecule has 1 atom stereocenters. The van der Waals surface area contributed by atoms with Crippen molar-refractivity contribution < 1.29 is 9.53 Å². The van der Waals surface area contributed by atoms with Crippen molar-refractivity contribution in [2.24, 2.45) is 5.73 Å². The second kappa shape index (κ2) is 6.65. The number of carbonyl (C=O) groups excluding carboxylic acids is 1. The van der Waals surface area contributed by atoms with Crippen molar-refractivity contribution in [3.63, 3.8) is 0 Å². The average Bonchev–Trinajstić information content (AvgIpc) is 3.01. The molecule has 0 fully saturated rings. The Hall–Kier alpha value is -2.33. The summed E-state index contributed by atoms with van der Waals surface area (Å²) in [5.74, 6) is 0.830. The highest BCUT2D eigenvalue weighted by atomic mass is 16.5. The molecule has 0 bridgehead atoms. The molecule has 3 rings (SSSR count). The molecule has 1 heterocycles. The minimum Gasteiger partial charge on any atom is -0.497 e. The quantitative estimate of drug-likeness (QED) is 0.941. The summed E-state index contributed by atoms with van der Waals surface area (Å²) < 4.78 is 5.30. The van der Waals surface area contributed by atoms with E-state index in [1.807, 2.05) is 49.1 Å². The number of fused-ring (bicyclic) bond motifs is 1. The van der Waals surface area contributed by atoms with E-state index in [1.54, 1.807) is 7.11 Å². The number of carbonyl (C=O) groups is 1. The van der Waals surface area contributed by atoms with Crippen LogP contribution in [0.4, 0.5) is 5.69 Å². The van der Waals surface area contributed by atoms with Crippen molar-refractivity contribution in [1.82, 2.24) is 0 Å². The van der Waals surface area contributed by atoms with E-state index in [4.69, 9.17) is 10.5 Å². The van der Waals surface area contributed by atoms with Gasteiger partial charge in [-0.3, -0.25) is 4.79 Å². The van der Waals surface area contributed by atoms with Gasteiger partial charge in [0.05, 0.1) is 13.2 Å². The van der Waals surface area contributed by atoms with Crippen LogP contribution in [-0.2, 0) is 17.6 Å². The molecule has 2 N–H and O–H groups in total. The summed E-state index contributed by atoms with van der Waals surface area (Å²) in [7, 11) is 1.66. The van der Waals surface area contributed by atoms with E-state index in [0.717, 1.165) is 34.5 Å². The molecule has 0 unspecified atom stereocenters. The third-order valence-corrected chi connectivity index (χ3v) is 4.80. The van der Waals surface area contributed by atoms with E-state index in [9.17, 15) is 4.79 Å². The van der Waals surface area contributed by atoms with Gasteiger partial charge in [0.25, 0.3) is 0 Å². The zero-order chi connectivity index (χ0) is 17.3. The van der Waals surface area contributed by atoms with Gasteiger partial charge in [-0.2, -0.15) is 0 Å². The highest BCUT2D eigenvalue weighted by Gasteiger charge is 2.28. The van der Waals surface area contributed by atoms with Crippen molar-refractivity contribution in [3.05, 3.63) is 58.7 Å². The summed E-state index contributed by atoms with van der Waals surface area (Å²) in [6.07, 6.45) is 1.44. The normalized spacial score (nSPS) is 14.4. The van der Waals surface area contributed by atoms with E-state index < -0.39 is 6.04 Å². The molecule has 0 saturated heterocycles. The number of amides is 1. The summed E-state index contributed by atoms with van der Waals surface area (Å²) in [4.78, 5) is 14.7. The highest BCUT2D eigenvalue weighted by molar-refractivity contribution is 5.99. The fourth-order valence-corrected chi connectivity index (χ4v) is 3.47. The Morgan fingerprint density at radius 1 is 1.25 bits per heavy atom. The van der Waals surface area contributed by atoms with E-state index in [1.165, 1.54) is 5.56 Å². The molecule has 2 aromatic carbocycles. The van der Waals surface area contributed by atoms with Gasteiger partial charge in [-0.25, -0.2) is 0 Å². The summed E-state index contributed by atoms with van der Waals surface area (Å²) in [6.45, 7) is 4.78.